The maximum absolute atomic E-state index is 13.3. The number of hydrogen-bond donors (Lipinski definition) is 3. The fraction of sp³-hybridized carbons (Fsp3) is 0.559. The second kappa shape index (κ2) is 28.4. The van der Waals surface area contributed by atoms with Crippen LogP contribution in [0.5, 0.6) is 0 Å². The number of carbonyl (C=O) groups excluding carboxylic acids is 5. The van der Waals surface area contributed by atoms with Crippen molar-refractivity contribution >= 4 is 102 Å². The van der Waals surface area contributed by atoms with E-state index in [0.717, 1.165) is 50.6 Å². The molecule has 3 aromatic heterocycles. The van der Waals surface area contributed by atoms with Gasteiger partial charge in [0, 0.05) is 71.5 Å². The van der Waals surface area contributed by atoms with Crippen LogP contribution in [0.25, 0.3) is 11.1 Å². The number of amides is 4. The summed E-state index contributed by atoms with van der Waals surface area (Å²) >= 11 is 3.32. The summed E-state index contributed by atoms with van der Waals surface area (Å²) in [5.41, 5.74) is 4.49. The van der Waals surface area contributed by atoms with Gasteiger partial charge in [-0.3, -0.25) is 19.2 Å². The predicted octanol–water partition coefficient (Wildman–Crippen LogP) is 5.79. The fourth-order valence-electron chi connectivity index (χ4n) is 9.15. The van der Waals surface area contributed by atoms with E-state index in [4.69, 9.17) is 37.8 Å². The van der Waals surface area contributed by atoms with Gasteiger partial charge in [0.25, 0.3) is 5.91 Å². The number of aromatic nitrogens is 3. The predicted molar refractivity (Wildman–Crippen MR) is 333 cm³/mol. The number of pyridine rings is 3. The van der Waals surface area contributed by atoms with E-state index in [1.807, 2.05) is 139 Å². The van der Waals surface area contributed by atoms with Crippen LogP contribution in [0.3, 0.4) is 0 Å². The van der Waals surface area contributed by atoms with Gasteiger partial charge in [-0.2, -0.15) is 0 Å². The molecule has 4 amide bonds. The number of carboxylic acids is 1. The number of hydrogen-bond acceptors (Lipinski definition) is 16. The van der Waals surface area contributed by atoms with E-state index in [9.17, 15) is 23.7 Å². The van der Waals surface area contributed by atoms with Gasteiger partial charge in [-0.15, -0.1) is 0 Å². The molecule has 20 nitrogen and oxygen atoms in total. The second-order valence-corrected chi connectivity index (χ2v) is 29.3. The Balaban J connectivity index is 0.000000248. The molecule has 4 fully saturated rings. The van der Waals surface area contributed by atoms with Crippen LogP contribution in [0.15, 0.2) is 53.0 Å². The number of fused-ring (bicyclic) bond motifs is 1. The van der Waals surface area contributed by atoms with E-state index in [-0.39, 0.29) is 115 Å². The van der Waals surface area contributed by atoms with Crippen molar-refractivity contribution in [1.82, 2.24) is 19.9 Å². The number of anilines is 3. The smallest absolute Gasteiger partial charge is 0.550 e. The number of rotatable bonds is 9. The Morgan fingerprint density at radius 2 is 1.01 bits per heavy atom. The number of nitrogens with one attached hydrogen (secondary N) is 3. The van der Waals surface area contributed by atoms with Gasteiger partial charge in [0.1, 0.15) is 24.6 Å². The van der Waals surface area contributed by atoms with E-state index in [2.05, 4.69) is 53.8 Å². The number of benzene rings is 1. The van der Waals surface area contributed by atoms with Crippen molar-refractivity contribution in [3.8, 4) is 11.1 Å². The third-order valence-electron chi connectivity index (χ3n) is 16.1. The van der Waals surface area contributed by atoms with E-state index in [1.54, 1.807) is 31.5 Å². The van der Waals surface area contributed by atoms with Gasteiger partial charge in [-0.05, 0) is 219 Å². The van der Waals surface area contributed by atoms with Gasteiger partial charge < -0.3 is 63.2 Å². The summed E-state index contributed by atoms with van der Waals surface area (Å²) in [6.45, 7) is 41.4. The van der Waals surface area contributed by atoms with Crippen LogP contribution in [0.1, 0.15) is 164 Å². The molecule has 4 aliphatic heterocycles. The summed E-state index contributed by atoms with van der Waals surface area (Å²) < 4.78 is 49.9. The van der Waals surface area contributed by atoms with E-state index in [1.165, 1.54) is 33.6 Å². The molecular weight excluding hydrogens is 1200 g/mol. The normalized spacial score (nSPS) is 19.2. The van der Waals surface area contributed by atoms with Gasteiger partial charge in [0.15, 0.2) is 0 Å². The molecule has 0 unspecified atom stereocenters. The molecule has 4 aromatic rings. The third-order valence-corrected chi connectivity index (χ3v) is 18.5. The summed E-state index contributed by atoms with van der Waals surface area (Å²) in [6.07, 6.45) is 2.34. The second-order valence-electron chi connectivity index (χ2n) is 25.2. The Kier molecular flexibility index (Phi) is 24.7. The summed E-state index contributed by atoms with van der Waals surface area (Å²) in [6, 6.07) is 15.1. The first-order chi connectivity index (χ1) is 38.4. The van der Waals surface area contributed by atoms with Gasteiger partial charge in [0.2, 0.25) is 17.7 Å². The zero-order valence-electron chi connectivity index (χ0n) is 54.0. The van der Waals surface area contributed by atoms with E-state index >= 15 is 0 Å². The summed E-state index contributed by atoms with van der Waals surface area (Å²) in [4.78, 5) is 70.1. The topological polar surface area (TPSA) is 259 Å². The minimum atomic E-state index is -2.68. The van der Waals surface area contributed by atoms with Crippen LogP contribution in [0.4, 0.5) is 17.5 Å². The molecular formula is C59H85B3BrKN7O13P. The van der Waals surface area contributed by atoms with Gasteiger partial charge in [-0.1, -0.05) is 6.07 Å². The molecule has 1 saturated carbocycles. The van der Waals surface area contributed by atoms with Crippen molar-refractivity contribution in [1.29, 1.82) is 0 Å². The van der Waals surface area contributed by atoms with Crippen molar-refractivity contribution in [3.63, 3.8) is 0 Å². The minimum absolute atomic E-state index is 0. The zero-order chi connectivity index (χ0) is 63.6. The Labute approximate surface area is 555 Å². The van der Waals surface area contributed by atoms with Crippen molar-refractivity contribution in [2.45, 2.75) is 198 Å². The summed E-state index contributed by atoms with van der Waals surface area (Å²) in [7, 11) is -4.06. The molecule has 3 N–H and O–H groups in total. The van der Waals surface area contributed by atoms with Gasteiger partial charge >= 0.3 is 72.5 Å². The van der Waals surface area contributed by atoms with Crippen LogP contribution >= 0.6 is 23.1 Å². The van der Waals surface area contributed by atoms with Crippen LogP contribution < -0.4 is 83.2 Å². The van der Waals surface area contributed by atoms with Crippen LogP contribution in [-0.4, -0.2) is 124 Å². The quantitative estimate of drug-likeness (QED) is 0.132. The maximum atomic E-state index is 13.3. The molecule has 0 radical (unpaired) electrons. The first kappa shape index (κ1) is 73.8. The Morgan fingerprint density at radius 1 is 0.635 bits per heavy atom. The van der Waals surface area contributed by atoms with Crippen LogP contribution in [0.2, 0.25) is 0 Å². The maximum Gasteiger partial charge on any atom is 1.00 e. The molecule has 456 valence electrons. The van der Waals surface area contributed by atoms with Crippen LogP contribution in [-0.2, 0) is 58.2 Å². The Bertz CT molecular complexity index is 3110. The number of carboxylic acid groups (broad SMARTS) is 1. The molecule has 9 rings (SSSR count). The molecule has 1 atom stereocenters. The zero-order valence-corrected chi connectivity index (χ0v) is 59.7. The van der Waals surface area contributed by atoms with Crippen molar-refractivity contribution in [3.05, 3.63) is 81.2 Å². The van der Waals surface area contributed by atoms with Gasteiger partial charge in [0.05, 0.1) is 44.9 Å². The van der Waals surface area contributed by atoms with Crippen molar-refractivity contribution < 1.29 is 113 Å². The largest absolute Gasteiger partial charge is 1.00 e. The number of aliphatic carboxylic acids is 1. The molecule has 85 heavy (non-hydrogen) atoms. The molecule has 3 saturated heterocycles. The average Bonchev–Trinajstić information content (AvgIpc) is 3.84. The molecule has 26 heteroatoms. The Morgan fingerprint density at radius 3 is 1.38 bits per heavy atom. The van der Waals surface area contributed by atoms with Crippen molar-refractivity contribution in [2.75, 3.05) is 29.3 Å². The van der Waals surface area contributed by atoms with E-state index < -0.39 is 34.2 Å². The number of nitrogens with zero attached hydrogens (tertiary/aromatic N) is 4. The Hall–Kier alpha value is -3.68. The van der Waals surface area contributed by atoms with E-state index in [0.29, 0.717) is 40.8 Å². The number of halogens is 1. The average molecular weight is 1280 g/mol. The first-order valence-corrected chi connectivity index (χ1v) is 31.5. The molecule has 0 spiro atoms. The number of carbonyl (C=O) groups is 5. The molecule has 5 aliphatic rings. The molecule has 7 heterocycles. The monoisotopic (exact) mass is 1280 g/mol. The van der Waals surface area contributed by atoms with Crippen molar-refractivity contribution in [2.24, 2.45) is 5.92 Å². The minimum Gasteiger partial charge on any atom is -0.550 e. The number of aryl methyl sites for hydroxylation is 3. The third kappa shape index (κ3) is 18.9. The first-order valence-electron chi connectivity index (χ1n) is 28.1. The molecule has 0 bridgehead atoms. The molecule has 1 aliphatic carbocycles. The SMILES string of the molecule is CC(=O)Nc1ccc(-c2cc3c(c(P(C)(C)=O)c2)C(=O)N([C@@H](C)C2CC2)C3)c(C)n1.CC(=O)Nc1ccc(B2OC(C)(C)C(C)(C)O2)c(C)n1.CC(=O)Nc1ccc(Br)c(C)n1.CC(=O)[O-].CC1(C)OB(B2OC(C)(C)C(C)(C)O2)OC1(C)C.[K+]. The standard InChI is InChI=1S/C23H28N3O3P.C14H21BN2O3.C12H24B2O4.C8H9BrN2O.C2H4O2.K/c1-13-19(8-9-21(24-13)25-15(3)27)17-10-18-12-26(14(2)16-6-7-16)23(28)22(18)20(11-17)30(4,5)29;1-9-11(7-8-12(16-9)17-10(2)18)15-19-13(3,4)14(5,6)20-15;1-9(2)10(3,4)16-13(15-9)14-17-11(5,6)12(7,8)18-14;1-5-7(9)3-4-8(10-5)11-6(2)12;1-2(3)4;/h8-11,14,16H,6-7,12H2,1-5H3,(H,24,25,27);7-8H,1-6H3,(H,16,17,18);1-8H3;3-4H,1-2H3,(H,10,11,12);1H3,(H,3,4);/q;;;;;+1/p-1/t14-;;;;;/m0...../s1. The van der Waals surface area contributed by atoms with Crippen LogP contribution in [0, 0.1) is 26.7 Å². The summed E-state index contributed by atoms with van der Waals surface area (Å²) in [5.74, 6) is 0.708. The van der Waals surface area contributed by atoms with Gasteiger partial charge in [-0.25, -0.2) is 15.0 Å². The fourth-order valence-corrected chi connectivity index (χ4v) is 10.6. The summed E-state index contributed by atoms with van der Waals surface area (Å²) in [5, 5.41) is 17.5. The molecule has 1 aromatic carbocycles.